The third-order valence-electron chi connectivity index (χ3n) is 7.93. The minimum absolute atomic E-state index is 0.148. The molecule has 1 aliphatic heterocycles. The van der Waals surface area contributed by atoms with Crippen LogP contribution < -0.4 is 10.4 Å². The molecule has 1 aliphatic carbocycles. The van der Waals surface area contributed by atoms with Gasteiger partial charge < -0.3 is 24.1 Å². The second-order valence-electron chi connectivity index (χ2n) is 10.6. The van der Waals surface area contributed by atoms with Crippen molar-refractivity contribution in [3.63, 3.8) is 0 Å². The van der Waals surface area contributed by atoms with Gasteiger partial charge in [0.05, 0.1) is 43.2 Å². The standard InChI is InChI=1S/C31H35N5O4/c1-39-29-5-3-2-4-25(29)26-19-22(12-13-32-26)30(38)34-31-33-27-18-21(20-35-14-16-40-17-15-35)6-11-28(27)36(31)23-7-9-24(37)10-8-23/h2-6,11-13,18-19,23-24,37H,7-10,14-17,20H2,1H3,(H,33,34,38)/t23-,24+. The third-order valence-corrected chi connectivity index (χ3v) is 7.93. The lowest BCUT2D eigenvalue weighted by atomic mass is 9.93. The van der Waals surface area contributed by atoms with Crippen LogP contribution >= 0.6 is 0 Å². The number of carbonyl (C=O) groups excluding carboxylic acids is 1. The molecule has 2 N–H and O–H groups in total. The van der Waals surface area contributed by atoms with Crippen LogP contribution in [0.3, 0.4) is 0 Å². The molecule has 2 aliphatic rings. The van der Waals surface area contributed by atoms with E-state index in [1.54, 1.807) is 25.4 Å². The van der Waals surface area contributed by atoms with E-state index in [9.17, 15) is 9.90 Å². The monoisotopic (exact) mass is 541 g/mol. The van der Waals surface area contributed by atoms with Crippen molar-refractivity contribution < 1.29 is 19.4 Å². The van der Waals surface area contributed by atoms with Crippen LogP contribution in [0.5, 0.6) is 5.75 Å². The molecule has 0 spiro atoms. The predicted octanol–water partition coefficient (Wildman–Crippen LogP) is 4.09. The van der Waals surface area contributed by atoms with Crippen molar-refractivity contribution in [2.24, 2.45) is 4.99 Å². The lowest BCUT2D eigenvalue weighted by molar-refractivity contribution is 0.0342. The highest BCUT2D eigenvalue weighted by molar-refractivity contribution is 5.96. The number of morpholine rings is 1. The van der Waals surface area contributed by atoms with Crippen molar-refractivity contribution in [3.05, 3.63) is 77.5 Å². The molecule has 9 heteroatoms. The van der Waals surface area contributed by atoms with Gasteiger partial charge in [0.2, 0.25) is 5.62 Å². The van der Waals surface area contributed by atoms with Gasteiger partial charge in [0, 0.05) is 43.0 Å². The maximum absolute atomic E-state index is 13.5. The topological polar surface area (TPSA) is 105 Å². The summed E-state index contributed by atoms with van der Waals surface area (Å²) in [5, 5.41) is 10.1. The summed E-state index contributed by atoms with van der Waals surface area (Å²) in [6.45, 7) is 4.21. The largest absolute Gasteiger partial charge is 0.496 e. The molecule has 0 unspecified atom stereocenters. The average Bonchev–Trinajstić information content (AvgIpc) is 3.35. The molecule has 40 heavy (non-hydrogen) atoms. The summed E-state index contributed by atoms with van der Waals surface area (Å²) in [7, 11) is 1.62. The van der Waals surface area contributed by atoms with Gasteiger partial charge in [0.15, 0.2) is 0 Å². The molecule has 1 amide bonds. The molecule has 4 aromatic rings. The number of carbonyl (C=O) groups is 1. The van der Waals surface area contributed by atoms with Crippen molar-refractivity contribution in [1.29, 1.82) is 0 Å². The number of ether oxygens (including phenoxy) is 2. The molecule has 2 aromatic heterocycles. The number of aliphatic hydroxyl groups excluding tert-OH is 1. The number of aliphatic hydroxyl groups is 1. The van der Waals surface area contributed by atoms with Gasteiger partial charge in [-0.05, 0) is 67.6 Å². The van der Waals surface area contributed by atoms with E-state index >= 15 is 0 Å². The Labute approximate surface area is 233 Å². The summed E-state index contributed by atoms with van der Waals surface area (Å²) in [5.74, 6) is 0.348. The minimum Gasteiger partial charge on any atom is -0.496 e. The molecule has 6 rings (SSSR count). The van der Waals surface area contributed by atoms with Crippen molar-refractivity contribution in [2.75, 3.05) is 33.4 Å². The Morgan fingerprint density at radius 1 is 1.10 bits per heavy atom. The highest BCUT2D eigenvalue weighted by atomic mass is 16.5. The van der Waals surface area contributed by atoms with Crippen LogP contribution in [0, 0.1) is 0 Å². The molecule has 0 radical (unpaired) electrons. The van der Waals surface area contributed by atoms with Crippen LogP contribution in [0.4, 0.5) is 0 Å². The number of imidazole rings is 1. The van der Waals surface area contributed by atoms with Crippen molar-refractivity contribution in [3.8, 4) is 17.0 Å². The van der Waals surface area contributed by atoms with Crippen molar-refractivity contribution in [2.45, 2.75) is 44.4 Å². The molecule has 208 valence electrons. The molecule has 1 saturated heterocycles. The predicted molar refractivity (Wildman–Crippen MR) is 152 cm³/mol. The fourth-order valence-corrected chi connectivity index (χ4v) is 5.80. The fraction of sp³-hybridized carbons (Fsp3) is 0.387. The van der Waals surface area contributed by atoms with Gasteiger partial charge in [0.25, 0.3) is 5.91 Å². The quantitative estimate of drug-likeness (QED) is 0.381. The Balaban J connectivity index is 1.37. The summed E-state index contributed by atoms with van der Waals surface area (Å²) in [5.41, 5.74) is 5.62. The number of hydrogen-bond donors (Lipinski definition) is 2. The number of pyridine rings is 1. The molecule has 2 fully saturated rings. The highest BCUT2D eigenvalue weighted by Gasteiger charge is 2.24. The molecule has 3 heterocycles. The molecule has 9 nitrogen and oxygen atoms in total. The van der Waals surface area contributed by atoms with E-state index in [1.165, 1.54) is 5.56 Å². The van der Waals surface area contributed by atoms with Gasteiger partial charge in [0.1, 0.15) is 5.75 Å². The van der Waals surface area contributed by atoms with E-state index in [0.717, 1.165) is 75.1 Å². The van der Waals surface area contributed by atoms with Crippen LogP contribution in [-0.2, 0) is 11.3 Å². The number of nitrogens with zero attached hydrogens (tertiary/aromatic N) is 4. The van der Waals surface area contributed by atoms with Crippen LogP contribution in [0.2, 0.25) is 0 Å². The number of H-pyrrole nitrogens is 1. The number of para-hydroxylation sites is 1. The van der Waals surface area contributed by atoms with E-state index in [1.807, 2.05) is 24.3 Å². The number of rotatable bonds is 6. The van der Waals surface area contributed by atoms with Crippen LogP contribution in [0.15, 0.2) is 65.8 Å². The first-order chi connectivity index (χ1) is 19.6. The lowest BCUT2D eigenvalue weighted by Crippen LogP contribution is -2.35. The minimum atomic E-state index is -0.344. The van der Waals surface area contributed by atoms with Gasteiger partial charge in [-0.1, -0.05) is 18.2 Å². The Kier molecular flexibility index (Phi) is 7.77. The zero-order valence-electron chi connectivity index (χ0n) is 22.8. The second-order valence-corrected chi connectivity index (χ2v) is 10.6. The van der Waals surface area contributed by atoms with Gasteiger partial charge >= 0.3 is 0 Å². The number of nitrogens with one attached hydrogen (secondary N) is 1. The average molecular weight is 542 g/mol. The van der Waals surface area contributed by atoms with Crippen molar-refractivity contribution in [1.82, 2.24) is 19.4 Å². The first-order valence-corrected chi connectivity index (χ1v) is 14.0. The highest BCUT2D eigenvalue weighted by Crippen LogP contribution is 2.31. The third kappa shape index (κ3) is 5.58. The van der Waals surface area contributed by atoms with Crippen LogP contribution in [0.25, 0.3) is 22.3 Å². The molecule has 0 atom stereocenters. The van der Waals surface area contributed by atoms with Gasteiger partial charge in [-0.15, -0.1) is 0 Å². The first kappa shape index (κ1) is 26.4. The molecule has 0 bridgehead atoms. The summed E-state index contributed by atoms with van der Waals surface area (Å²) < 4.78 is 13.1. The number of fused-ring (bicyclic) bond motifs is 1. The smallest absolute Gasteiger partial charge is 0.280 e. The van der Waals surface area contributed by atoms with E-state index in [2.05, 4.69) is 42.6 Å². The Bertz CT molecular complexity index is 1560. The number of aromatic amines is 1. The summed E-state index contributed by atoms with van der Waals surface area (Å²) >= 11 is 0. The lowest BCUT2D eigenvalue weighted by Gasteiger charge is -2.27. The summed E-state index contributed by atoms with van der Waals surface area (Å²) in [6, 6.07) is 17.7. The summed E-state index contributed by atoms with van der Waals surface area (Å²) in [6.07, 6.45) is 4.49. The van der Waals surface area contributed by atoms with Crippen LogP contribution in [0.1, 0.15) is 47.6 Å². The number of benzene rings is 2. The number of aromatic nitrogens is 3. The molecule has 2 aromatic carbocycles. The Morgan fingerprint density at radius 2 is 1.90 bits per heavy atom. The zero-order valence-corrected chi connectivity index (χ0v) is 22.8. The molecular formula is C31H35N5O4. The fourth-order valence-electron chi connectivity index (χ4n) is 5.80. The van der Waals surface area contributed by atoms with E-state index in [4.69, 9.17) is 9.47 Å². The SMILES string of the molecule is COc1ccccc1-c1cc(C(=O)/N=c2\[nH]c3cc(CN4CCOCC4)ccc3n2[C@H]2CC[C@@H](O)CC2)ccn1. The van der Waals surface area contributed by atoms with Crippen molar-refractivity contribution >= 4 is 16.9 Å². The molecule has 1 saturated carbocycles. The van der Waals surface area contributed by atoms with E-state index in [0.29, 0.717) is 22.6 Å². The normalized spacial score (nSPS) is 20.6. The summed E-state index contributed by atoms with van der Waals surface area (Å²) in [4.78, 5) is 28.4. The Morgan fingerprint density at radius 3 is 2.70 bits per heavy atom. The van der Waals surface area contributed by atoms with Gasteiger partial charge in [-0.3, -0.25) is 14.7 Å². The molecular weight excluding hydrogens is 506 g/mol. The maximum Gasteiger partial charge on any atom is 0.280 e. The van der Waals surface area contributed by atoms with Gasteiger partial charge in [-0.2, -0.15) is 4.99 Å². The Hall–Kier alpha value is -3.79. The van der Waals surface area contributed by atoms with E-state index in [-0.39, 0.29) is 18.1 Å². The van der Waals surface area contributed by atoms with Crippen LogP contribution in [-0.4, -0.2) is 70.0 Å². The van der Waals surface area contributed by atoms with E-state index < -0.39 is 0 Å². The second kappa shape index (κ2) is 11.8. The number of methoxy groups -OCH3 is 1. The first-order valence-electron chi connectivity index (χ1n) is 14.0. The maximum atomic E-state index is 13.5. The number of hydrogen-bond acceptors (Lipinski definition) is 6. The zero-order chi connectivity index (χ0) is 27.5. The number of amides is 1. The van der Waals surface area contributed by atoms with Gasteiger partial charge in [-0.25, -0.2) is 0 Å².